The number of anilines is 1. The Hall–Kier alpha value is -3.16. The van der Waals surface area contributed by atoms with E-state index in [2.05, 4.69) is 5.32 Å². The fraction of sp³-hybridized carbons (Fsp3) is 0.318. The lowest BCUT2D eigenvalue weighted by molar-refractivity contribution is -0.137. The van der Waals surface area contributed by atoms with Gasteiger partial charge in [-0.3, -0.25) is 0 Å². The Morgan fingerprint density at radius 3 is 2.40 bits per heavy atom. The van der Waals surface area contributed by atoms with Crippen LogP contribution < -0.4 is 14.8 Å². The maximum absolute atomic E-state index is 13.3. The number of aromatic nitrogens is 2. The molecule has 1 aromatic heterocycles. The Labute approximate surface area is 172 Å². The maximum atomic E-state index is 13.3. The molecule has 8 heteroatoms. The molecule has 158 valence electrons. The van der Waals surface area contributed by atoms with Gasteiger partial charge in [-0.25, -0.2) is 4.68 Å². The number of hydrogen-bond donors (Lipinski definition) is 1. The molecule has 0 amide bonds. The topological polar surface area (TPSA) is 48.3 Å². The predicted molar refractivity (Wildman–Crippen MR) is 109 cm³/mol. The molecule has 3 aromatic rings. The van der Waals surface area contributed by atoms with Crippen molar-refractivity contribution in [2.24, 2.45) is 0 Å². The van der Waals surface area contributed by atoms with Gasteiger partial charge in [0.15, 0.2) is 0 Å². The van der Waals surface area contributed by atoms with Crippen molar-refractivity contribution in [3.63, 3.8) is 0 Å². The Kier molecular flexibility index (Phi) is 5.32. The fourth-order valence-electron chi connectivity index (χ4n) is 3.68. The molecule has 0 bridgehead atoms. The highest BCUT2D eigenvalue weighted by atomic mass is 19.4. The largest absolute Gasteiger partial charge is 0.497 e. The molecule has 5 nitrogen and oxygen atoms in total. The number of rotatable bonds is 4. The summed E-state index contributed by atoms with van der Waals surface area (Å²) in [5.74, 6) is 1.96. The summed E-state index contributed by atoms with van der Waals surface area (Å²) in [7, 11) is 3.14. The van der Waals surface area contributed by atoms with E-state index in [1.807, 2.05) is 12.1 Å². The highest BCUT2D eigenvalue weighted by Gasteiger charge is 2.31. The first-order chi connectivity index (χ1) is 14.4. The van der Waals surface area contributed by atoms with Crippen LogP contribution in [0.3, 0.4) is 0 Å². The second-order valence-corrected chi connectivity index (χ2v) is 7.12. The minimum atomic E-state index is -4.42. The molecule has 1 aliphatic heterocycles. The van der Waals surface area contributed by atoms with E-state index in [0.717, 1.165) is 54.9 Å². The third kappa shape index (κ3) is 3.81. The summed E-state index contributed by atoms with van der Waals surface area (Å²) < 4.78 is 52.1. The van der Waals surface area contributed by atoms with Crippen molar-refractivity contribution in [3.05, 3.63) is 53.6 Å². The molecule has 0 unspecified atom stereocenters. The number of alkyl halides is 3. The molecule has 4 rings (SSSR count). The van der Waals surface area contributed by atoms with Gasteiger partial charge < -0.3 is 14.8 Å². The van der Waals surface area contributed by atoms with E-state index in [-0.39, 0.29) is 0 Å². The standard InChI is InChI=1S/C22H22F3N3O2/c1-29-17-10-14(11-18(13-17)30-2)20-19-8-3-4-9-26-21(19)28(27-20)16-7-5-6-15(12-16)22(23,24)25/h5-7,10-13,26H,3-4,8-9H2,1-2H3. The molecule has 30 heavy (non-hydrogen) atoms. The van der Waals surface area contributed by atoms with Gasteiger partial charge in [0.2, 0.25) is 0 Å². The van der Waals surface area contributed by atoms with Gasteiger partial charge in [-0.2, -0.15) is 18.3 Å². The molecule has 0 atom stereocenters. The smallest absolute Gasteiger partial charge is 0.416 e. The van der Waals surface area contributed by atoms with Gasteiger partial charge in [0.25, 0.3) is 0 Å². The van der Waals surface area contributed by atoms with Crippen molar-refractivity contribution in [2.75, 3.05) is 26.1 Å². The molecule has 0 saturated carbocycles. The number of nitrogens with one attached hydrogen (secondary N) is 1. The van der Waals surface area contributed by atoms with Gasteiger partial charge in [-0.05, 0) is 49.6 Å². The first kappa shape index (κ1) is 20.1. The average molecular weight is 417 g/mol. The summed E-state index contributed by atoms with van der Waals surface area (Å²) in [4.78, 5) is 0. The Morgan fingerprint density at radius 1 is 1.00 bits per heavy atom. The third-order valence-corrected chi connectivity index (χ3v) is 5.17. The van der Waals surface area contributed by atoms with Gasteiger partial charge in [-0.15, -0.1) is 0 Å². The van der Waals surface area contributed by atoms with Crippen molar-refractivity contribution in [1.29, 1.82) is 0 Å². The van der Waals surface area contributed by atoms with Crippen LogP contribution in [0.1, 0.15) is 24.0 Å². The van der Waals surface area contributed by atoms with Crippen LogP contribution in [0.2, 0.25) is 0 Å². The number of nitrogens with zero attached hydrogens (tertiary/aromatic N) is 2. The average Bonchev–Trinajstić information content (AvgIpc) is 2.93. The lowest BCUT2D eigenvalue weighted by Crippen LogP contribution is -2.09. The van der Waals surface area contributed by atoms with Crippen LogP contribution in [0, 0.1) is 0 Å². The van der Waals surface area contributed by atoms with Crippen LogP contribution in [0.4, 0.5) is 19.0 Å². The zero-order valence-corrected chi connectivity index (χ0v) is 16.7. The van der Waals surface area contributed by atoms with Crippen LogP contribution >= 0.6 is 0 Å². The second kappa shape index (κ2) is 7.93. The molecular formula is C22H22F3N3O2. The number of hydrogen-bond acceptors (Lipinski definition) is 4. The minimum Gasteiger partial charge on any atom is -0.497 e. The maximum Gasteiger partial charge on any atom is 0.416 e. The zero-order valence-electron chi connectivity index (χ0n) is 16.7. The van der Waals surface area contributed by atoms with Crippen molar-refractivity contribution in [1.82, 2.24) is 9.78 Å². The lowest BCUT2D eigenvalue weighted by atomic mass is 10.0. The number of methoxy groups -OCH3 is 2. The first-order valence-corrected chi connectivity index (χ1v) is 9.67. The molecule has 0 fully saturated rings. The summed E-state index contributed by atoms with van der Waals surface area (Å²) in [6.45, 7) is 0.735. The normalized spacial score (nSPS) is 13.9. The Balaban J connectivity index is 1.90. The van der Waals surface area contributed by atoms with E-state index < -0.39 is 11.7 Å². The van der Waals surface area contributed by atoms with E-state index in [1.165, 1.54) is 6.07 Å². The summed E-state index contributed by atoms with van der Waals surface area (Å²) in [5, 5.41) is 8.08. The molecule has 0 spiro atoms. The van der Waals surface area contributed by atoms with Crippen LogP contribution in [-0.2, 0) is 12.6 Å². The van der Waals surface area contributed by atoms with E-state index in [0.29, 0.717) is 22.9 Å². The van der Waals surface area contributed by atoms with Crippen LogP contribution in [0.15, 0.2) is 42.5 Å². The Morgan fingerprint density at radius 2 is 1.73 bits per heavy atom. The van der Waals surface area contributed by atoms with Gasteiger partial charge in [0.1, 0.15) is 17.3 Å². The third-order valence-electron chi connectivity index (χ3n) is 5.17. The van der Waals surface area contributed by atoms with Crippen molar-refractivity contribution in [3.8, 4) is 28.4 Å². The summed E-state index contributed by atoms with van der Waals surface area (Å²) >= 11 is 0. The summed E-state index contributed by atoms with van der Waals surface area (Å²) in [6, 6.07) is 10.7. The number of ether oxygens (including phenoxy) is 2. The van der Waals surface area contributed by atoms with Crippen LogP contribution in [-0.4, -0.2) is 30.5 Å². The highest BCUT2D eigenvalue weighted by molar-refractivity contribution is 5.73. The van der Waals surface area contributed by atoms with E-state index in [1.54, 1.807) is 31.0 Å². The quantitative estimate of drug-likeness (QED) is 0.624. The van der Waals surface area contributed by atoms with Crippen LogP contribution in [0.25, 0.3) is 16.9 Å². The number of halogens is 3. The molecule has 1 aliphatic rings. The summed E-state index contributed by atoms with van der Waals surface area (Å²) in [6.07, 6.45) is -1.72. The predicted octanol–water partition coefficient (Wildman–Crippen LogP) is 5.32. The van der Waals surface area contributed by atoms with E-state index in [9.17, 15) is 13.2 Å². The van der Waals surface area contributed by atoms with Gasteiger partial charge in [-0.1, -0.05) is 6.07 Å². The Bertz CT molecular complexity index is 1040. The zero-order chi connectivity index (χ0) is 21.3. The van der Waals surface area contributed by atoms with E-state index in [4.69, 9.17) is 14.6 Å². The fourth-order valence-corrected chi connectivity index (χ4v) is 3.68. The molecule has 0 aliphatic carbocycles. The lowest BCUT2D eigenvalue weighted by Gasteiger charge is -2.12. The monoisotopic (exact) mass is 417 g/mol. The summed E-state index contributed by atoms with van der Waals surface area (Å²) in [5.41, 5.74) is 2.12. The van der Waals surface area contributed by atoms with Crippen LogP contribution in [0.5, 0.6) is 11.5 Å². The molecule has 2 aromatic carbocycles. The minimum absolute atomic E-state index is 0.358. The van der Waals surface area contributed by atoms with Crippen molar-refractivity contribution < 1.29 is 22.6 Å². The van der Waals surface area contributed by atoms with Crippen molar-refractivity contribution in [2.45, 2.75) is 25.4 Å². The molecule has 1 N–H and O–H groups in total. The first-order valence-electron chi connectivity index (χ1n) is 9.67. The SMILES string of the molecule is COc1cc(OC)cc(-c2nn(-c3cccc(C(F)(F)F)c3)c3c2CCCCN3)c1. The number of benzene rings is 2. The van der Waals surface area contributed by atoms with Crippen molar-refractivity contribution >= 4 is 5.82 Å². The van der Waals surface area contributed by atoms with E-state index >= 15 is 0 Å². The number of fused-ring (bicyclic) bond motifs is 1. The second-order valence-electron chi connectivity index (χ2n) is 7.12. The van der Waals surface area contributed by atoms with Gasteiger partial charge >= 0.3 is 6.18 Å². The molecular weight excluding hydrogens is 395 g/mol. The van der Waals surface area contributed by atoms with Gasteiger partial charge in [0.05, 0.1) is 31.2 Å². The molecule has 0 saturated heterocycles. The molecule has 2 heterocycles. The highest BCUT2D eigenvalue weighted by Crippen LogP contribution is 2.38. The van der Waals surface area contributed by atoms with Gasteiger partial charge in [0, 0.05) is 23.7 Å². The molecule has 0 radical (unpaired) electrons.